The molecule has 224 valence electrons. The van der Waals surface area contributed by atoms with Gasteiger partial charge in [-0.15, -0.1) is 0 Å². The zero-order valence-corrected chi connectivity index (χ0v) is 25.8. The molecule has 0 bridgehead atoms. The van der Waals surface area contributed by atoms with Crippen molar-refractivity contribution in [3.05, 3.63) is 82.9 Å². The van der Waals surface area contributed by atoms with E-state index in [-0.39, 0.29) is 12.0 Å². The first-order valence-corrected chi connectivity index (χ1v) is 14.9. The van der Waals surface area contributed by atoms with Gasteiger partial charge in [-0.2, -0.15) is 0 Å². The van der Waals surface area contributed by atoms with E-state index in [2.05, 4.69) is 29.2 Å². The van der Waals surface area contributed by atoms with E-state index in [1.807, 2.05) is 65.0 Å². The Morgan fingerprint density at radius 2 is 1.44 bits per heavy atom. The van der Waals surface area contributed by atoms with Crippen molar-refractivity contribution in [1.29, 1.82) is 0 Å². The summed E-state index contributed by atoms with van der Waals surface area (Å²) in [6.45, 7) is 12.6. The Morgan fingerprint density at radius 1 is 0.884 bits per heavy atom. The van der Waals surface area contributed by atoms with Crippen molar-refractivity contribution in [2.45, 2.75) is 51.7 Å². The van der Waals surface area contributed by atoms with Gasteiger partial charge in [-0.05, 0) is 80.0 Å². The lowest BCUT2D eigenvalue weighted by molar-refractivity contribution is 0.00578. The van der Waals surface area contributed by atoms with Gasteiger partial charge in [-0.1, -0.05) is 48.5 Å². The minimum absolute atomic E-state index is 0.0229. The Morgan fingerprint density at radius 3 is 2.00 bits per heavy atom. The lowest BCUT2D eigenvalue weighted by Crippen LogP contribution is -2.50. The largest absolute Gasteiger partial charge is 0.495 e. The van der Waals surface area contributed by atoms with E-state index in [0.29, 0.717) is 38.3 Å². The number of rotatable bonds is 5. The van der Waals surface area contributed by atoms with E-state index in [0.717, 1.165) is 16.7 Å². The predicted octanol–water partition coefficient (Wildman–Crippen LogP) is 5.15. The van der Waals surface area contributed by atoms with E-state index in [1.165, 1.54) is 29.4 Å². The number of carbonyl (C=O) groups excluding carboxylic acids is 2. The number of hydrogen-bond donors (Lipinski definition) is 0. The van der Waals surface area contributed by atoms with Gasteiger partial charge in [0.05, 0.1) is 23.9 Å². The molecule has 0 saturated carbocycles. The molecule has 43 heavy (non-hydrogen) atoms. The van der Waals surface area contributed by atoms with Crippen LogP contribution in [0.15, 0.2) is 60.7 Å². The number of esters is 1. The van der Waals surface area contributed by atoms with Crippen molar-refractivity contribution in [2.24, 2.45) is 0 Å². The standard InChI is InChI=1S/C34H39BN2O6/c1-22-29(35-42-33(2,3)34(4,5)43-35)19-23(31(38)40-6)20-30(22)36-15-17-37(18-16-36)32(39)41-21-28-26-13-9-7-11-24(26)25-12-8-10-14-27(25)28/h7-14,19-20,28H,15-18,21H2,1-6H3. The maximum absolute atomic E-state index is 13.2. The molecule has 2 aliphatic heterocycles. The van der Waals surface area contributed by atoms with Crippen molar-refractivity contribution in [3.8, 4) is 11.1 Å². The fraction of sp³-hybridized carbons (Fsp3) is 0.412. The highest BCUT2D eigenvalue weighted by Crippen LogP contribution is 2.44. The Balaban J connectivity index is 1.15. The summed E-state index contributed by atoms with van der Waals surface area (Å²) in [5.41, 5.74) is 6.89. The average molecular weight is 583 g/mol. The number of benzene rings is 3. The first-order chi connectivity index (χ1) is 20.5. The van der Waals surface area contributed by atoms with Crippen LogP contribution in [0.2, 0.25) is 0 Å². The number of piperazine rings is 1. The van der Waals surface area contributed by atoms with Crippen LogP contribution < -0.4 is 10.4 Å². The molecule has 2 saturated heterocycles. The third-order valence-corrected chi connectivity index (χ3v) is 9.56. The van der Waals surface area contributed by atoms with E-state index >= 15 is 0 Å². The van der Waals surface area contributed by atoms with Gasteiger partial charge in [0.25, 0.3) is 0 Å². The highest BCUT2D eigenvalue weighted by Gasteiger charge is 2.52. The second-order valence-electron chi connectivity index (χ2n) is 12.6. The SMILES string of the molecule is COC(=O)c1cc(B2OC(C)(C)C(C)(C)O2)c(C)c(N2CCN(C(=O)OCC3c4ccccc4-c4ccccc43)CC2)c1. The number of nitrogens with zero attached hydrogens (tertiary/aromatic N) is 2. The molecule has 3 aliphatic rings. The second kappa shape index (κ2) is 11.0. The highest BCUT2D eigenvalue weighted by molar-refractivity contribution is 6.63. The molecule has 6 rings (SSSR count). The third kappa shape index (κ3) is 5.19. The molecule has 1 aliphatic carbocycles. The van der Waals surface area contributed by atoms with E-state index in [4.69, 9.17) is 18.8 Å². The van der Waals surface area contributed by atoms with Gasteiger partial charge < -0.3 is 28.6 Å². The molecular formula is C34H39BN2O6. The van der Waals surface area contributed by atoms with Gasteiger partial charge in [0.15, 0.2) is 0 Å². The Bertz CT molecular complexity index is 1500. The first kappa shape index (κ1) is 29.3. The fourth-order valence-electron chi connectivity index (χ4n) is 6.32. The van der Waals surface area contributed by atoms with Gasteiger partial charge in [0, 0.05) is 37.8 Å². The molecule has 3 aromatic carbocycles. The molecule has 0 aromatic heterocycles. The number of methoxy groups -OCH3 is 1. The predicted molar refractivity (Wildman–Crippen MR) is 167 cm³/mol. The van der Waals surface area contributed by atoms with E-state index < -0.39 is 24.3 Å². The quantitative estimate of drug-likeness (QED) is 0.304. The van der Waals surface area contributed by atoms with Crippen LogP contribution in [-0.2, 0) is 18.8 Å². The lowest BCUT2D eigenvalue weighted by atomic mass is 9.74. The average Bonchev–Trinajstić information content (AvgIpc) is 3.44. The fourth-order valence-corrected chi connectivity index (χ4v) is 6.32. The minimum atomic E-state index is -0.615. The summed E-state index contributed by atoms with van der Waals surface area (Å²) in [4.78, 5) is 29.8. The Labute approximate surface area is 254 Å². The van der Waals surface area contributed by atoms with Gasteiger partial charge in [-0.25, -0.2) is 9.59 Å². The first-order valence-electron chi connectivity index (χ1n) is 14.9. The summed E-state index contributed by atoms with van der Waals surface area (Å²) in [7, 11) is 0.763. The van der Waals surface area contributed by atoms with E-state index in [1.54, 1.807) is 11.0 Å². The lowest BCUT2D eigenvalue weighted by Gasteiger charge is -2.37. The third-order valence-electron chi connectivity index (χ3n) is 9.56. The molecule has 0 unspecified atom stereocenters. The van der Waals surface area contributed by atoms with Gasteiger partial charge >= 0.3 is 19.2 Å². The molecular weight excluding hydrogens is 543 g/mol. The summed E-state index contributed by atoms with van der Waals surface area (Å²) in [6.07, 6.45) is -0.306. The van der Waals surface area contributed by atoms with E-state index in [9.17, 15) is 9.59 Å². The molecule has 0 atom stereocenters. The van der Waals surface area contributed by atoms with Crippen molar-refractivity contribution < 1.29 is 28.4 Å². The number of hydrogen-bond acceptors (Lipinski definition) is 7. The summed E-state index contributed by atoms with van der Waals surface area (Å²) >= 11 is 0. The minimum Gasteiger partial charge on any atom is -0.465 e. The zero-order valence-electron chi connectivity index (χ0n) is 25.8. The van der Waals surface area contributed by atoms with Crippen molar-refractivity contribution in [1.82, 2.24) is 4.90 Å². The van der Waals surface area contributed by atoms with Crippen molar-refractivity contribution in [2.75, 3.05) is 44.8 Å². The normalized spacial score (nSPS) is 18.8. The maximum atomic E-state index is 13.2. The molecule has 3 aromatic rings. The number of amides is 1. The van der Waals surface area contributed by atoms with Crippen LogP contribution in [0.1, 0.15) is 60.7 Å². The number of carbonyl (C=O) groups is 2. The Kier molecular flexibility index (Phi) is 7.51. The second-order valence-corrected chi connectivity index (χ2v) is 12.6. The van der Waals surface area contributed by atoms with Crippen LogP contribution >= 0.6 is 0 Å². The molecule has 2 fully saturated rings. The molecule has 0 spiro atoms. The molecule has 1 amide bonds. The summed E-state index contributed by atoms with van der Waals surface area (Å²) in [5, 5.41) is 0. The number of fused-ring (bicyclic) bond motifs is 3. The van der Waals surface area contributed by atoms with Crippen molar-refractivity contribution in [3.63, 3.8) is 0 Å². The summed E-state index contributed by atoms with van der Waals surface area (Å²) < 4.78 is 23.7. The molecule has 2 heterocycles. The maximum Gasteiger partial charge on any atom is 0.495 e. The van der Waals surface area contributed by atoms with Gasteiger partial charge in [-0.3, -0.25) is 0 Å². The monoisotopic (exact) mass is 582 g/mol. The van der Waals surface area contributed by atoms with Crippen LogP contribution in [0, 0.1) is 6.92 Å². The van der Waals surface area contributed by atoms with Crippen LogP contribution in [0.25, 0.3) is 11.1 Å². The molecule has 8 nitrogen and oxygen atoms in total. The highest BCUT2D eigenvalue weighted by atomic mass is 16.7. The molecule has 0 radical (unpaired) electrons. The smallest absolute Gasteiger partial charge is 0.465 e. The zero-order chi connectivity index (χ0) is 30.5. The molecule has 9 heteroatoms. The van der Waals surface area contributed by atoms with Crippen LogP contribution in [0.4, 0.5) is 10.5 Å². The summed E-state index contributed by atoms with van der Waals surface area (Å²) in [6, 6.07) is 20.3. The summed E-state index contributed by atoms with van der Waals surface area (Å²) in [5.74, 6) is -0.397. The molecule has 0 N–H and O–H groups in total. The topological polar surface area (TPSA) is 77.5 Å². The van der Waals surface area contributed by atoms with Gasteiger partial charge in [0.1, 0.15) is 6.61 Å². The van der Waals surface area contributed by atoms with Gasteiger partial charge in [0.2, 0.25) is 0 Å². The number of anilines is 1. The van der Waals surface area contributed by atoms with Crippen LogP contribution in [0.5, 0.6) is 0 Å². The van der Waals surface area contributed by atoms with Crippen LogP contribution in [0.3, 0.4) is 0 Å². The van der Waals surface area contributed by atoms with Crippen LogP contribution in [-0.4, -0.2) is 75.2 Å². The van der Waals surface area contributed by atoms with Crippen molar-refractivity contribution >= 4 is 30.3 Å². The number of ether oxygens (including phenoxy) is 2. The Hall–Kier alpha value is -3.82.